The second-order valence-corrected chi connectivity index (χ2v) is 3.82. The summed E-state index contributed by atoms with van der Waals surface area (Å²) >= 11 is 0. The first-order valence-electron chi connectivity index (χ1n) is 5.10. The van der Waals surface area contributed by atoms with Crippen LogP contribution in [-0.2, 0) is 0 Å². The van der Waals surface area contributed by atoms with Crippen molar-refractivity contribution in [3.63, 3.8) is 0 Å². The number of hydrogen-bond acceptors (Lipinski definition) is 3. The van der Waals surface area contributed by atoms with Crippen LogP contribution < -0.4 is 5.32 Å². The zero-order valence-electron chi connectivity index (χ0n) is 7.76. The third-order valence-corrected chi connectivity index (χ3v) is 2.87. The lowest BCUT2D eigenvalue weighted by Crippen LogP contribution is -2.33. The molecule has 2 fully saturated rings. The Labute approximate surface area is 74.7 Å². The Kier molecular flexibility index (Phi) is 2.98. The van der Waals surface area contributed by atoms with E-state index in [0.29, 0.717) is 0 Å². The normalized spacial score (nSPS) is 27.0. The number of nitrogens with zero attached hydrogens (tertiary/aromatic N) is 2. The van der Waals surface area contributed by atoms with Crippen molar-refractivity contribution in [2.24, 2.45) is 0 Å². The van der Waals surface area contributed by atoms with Crippen LogP contribution in [0.3, 0.4) is 0 Å². The van der Waals surface area contributed by atoms with Gasteiger partial charge in [-0.1, -0.05) is 0 Å². The van der Waals surface area contributed by atoms with E-state index in [4.69, 9.17) is 0 Å². The van der Waals surface area contributed by atoms with Crippen LogP contribution in [0, 0.1) is 0 Å². The van der Waals surface area contributed by atoms with Gasteiger partial charge < -0.3 is 10.2 Å². The van der Waals surface area contributed by atoms with Gasteiger partial charge in [-0.25, -0.2) is 0 Å². The molecule has 0 bridgehead atoms. The third-order valence-electron chi connectivity index (χ3n) is 2.87. The summed E-state index contributed by atoms with van der Waals surface area (Å²) < 4.78 is 0. The molecule has 0 aromatic heterocycles. The van der Waals surface area contributed by atoms with Gasteiger partial charge in [0.25, 0.3) is 0 Å². The van der Waals surface area contributed by atoms with E-state index in [1.54, 1.807) is 0 Å². The molecule has 0 atom stereocenters. The van der Waals surface area contributed by atoms with E-state index in [0.717, 1.165) is 6.67 Å². The van der Waals surface area contributed by atoms with Gasteiger partial charge >= 0.3 is 0 Å². The average molecular weight is 169 g/mol. The van der Waals surface area contributed by atoms with E-state index in [1.165, 1.54) is 52.1 Å². The van der Waals surface area contributed by atoms with E-state index in [1.807, 2.05) is 0 Å². The molecule has 0 spiro atoms. The molecular weight excluding hydrogens is 150 g/mol. The fourth-order valence-electron chi connectivity index (χ4n) is 2.03. The Morgan fingerprint density at radius 1 is 0.917 bits per heavy atom. The lowest BCUT2D eigenvalue weighted by molar-refractivity contribution is 0.256. The summed E-state index contributed by atoms with van der Waals surface area (Å²) in [4.78, 5) is 5.08. The van der Waals surface area contributed by atoms with E-state index < -0.39 is 0 Å². The van der Waals surface area contributed by atoms with Crippen LogP contribution in [0.5, 0.6) is 0 Å². The lowest BCUT2D eigenvalue weighted by Gasteiger charge is -2.19. The zero-order valence-corrected chi connectivity index (χ0v) is 7.76. The average Bonchev–Trinajstić information content (AvgIpc) is 2.74. The van der Waals surface area contributed by atoms with Crippen molar-refractivity contribution >= 4 is 0 Å². The van der Waals surface area contributed by atoms with Crippen molar-refractivity contribution in [1.29, 1.82) is 0 Å². The van der Waals surface area contributed by atoms with Crippen LogP contribution in [0.1, 0.15) is 12.8 Å². The minimum atomic E-state index is 1.10. The molecule has 0 amide bonds. The molecule has 2 aliphatic rings. The first-order chi connectivity index (χ1) is 5.95. The summed E-state index contributed by atoms with van der Waals surface area (Å²) in [6.45, 7) is 8.74. The molecule has 0 aliphatic carbocycles. The minimum absolute atomic E-state index is 1.10. The van der Waals surface area contributed by atoms with Gasteiger partial charge in [0.2, 0.25) is 0 Å². The van der Waals surface area contributed by atoms with Crippen LogP contribution in [0.4, 0.5) is 0 Å². The molecule has 3 nitrogen and oxygen atoms in total. The Hall–Kier alpha value is -0.120. The van der Waals surface area contributed by atoms with Crippen LogP contribution >= 0.6 is 0 Å². The molecule has 1 N–H and O–H groups in total. The summed E-state index contributed by atoms with van der Waals surface area (Å²) in [7, 11) is 0. The molecule has 3 heteroatoms. The molecule has 70 valence electrons. The van der Waals surface area contributed by atoms with Gasteiger partial charge in [-0.05, 0) is 25.9 Å². The highest BCUT2D eigenvalue weighted by Crippen LogP contribution is 2.06. The first kappa shape index (κ1) is 8.48. The van der Waals surface area contributed by atoms with Gasteiger partial charge in [-0.2, -0.15) is 0 Å². The quantitative estimate of drug-likeness (QED) is 0.639. The molecule has 0 saturated carbocycles. The molecule has 0 unspecified atom stereocenters. The fourth-order valence-corrected chi connectivity index (χ4v) is 2.03. The zero-order chi connectivity index (χ0) is 8.23. The molecule has 0 aromatic carbocycles. The van der Waals surface area contributed by atoms with E-state index >= 15 is 0 Å². The van der Waals surface area contributed by atoms with E-state index in [2.05, 4.69) is 15.1 Å². The number of nitrogens with one attached hydrogen (secondary N) is 1. The van der Waals surface area contributed by atoms with Gasteiger partial charge in [0.15, 0.2) is 0 Å². The molecule has 2 rings (SSSR count). The SMILES string of the molecule is C1CCN(CCN2CCNC2)C1. The van der Waals surface area contributed by atoms with Crippen LogP contribution in [0.15, 0.2) is 0 Å². The van der Waals surface area contributed by atoms with Crippen molar-refractivity contribution in [3.8, 4) is 0 Å². The second-order valence-electron chi connectivity index (χ2n) is 3.82. The van der Waals surface area contributed by atoms with Crippen molar-refractivity contribution in [2.45, 2.75) is 12.8 Å². The predicted octanol–water partition coefficient (Wildman–Crippen LogP) is -0.0551. The summed E-state index contributed by atoms with van der Waals surface area (Å²) in [6, 6.07) is 0. The Morgan fingerprint density at radius 3 is 2.33 bits per heavy atom. The maximum Gasteiger partial charge on any atom is 0.0481 e. The molecular formula is C9H19N3. The summed E-state index contributed by atoms with van der Waals surface area (Å²) in [5.74, 6) is 0. The van der Waals surface area contributed by atoms with Gasteiger partial charge in [0.1, 0.15) is 0 Å². The lowest BCUT2D eigenvalue weighted by atomic mass is 10.4. The van der Waals surface area contributed by atoms with Gasteiger partial charge in [0, 0.05) is 32.8 Å². The second kappa shape index (κ2) is 4.21. The van der Waals surface area contributed by atoms with Crippen molar-refractivity contribution in [2.75, 3.05) is 45.9 Å². The summed E-state index contributed by atoms with van der Waals surface area (Å²) in [5, 5.41) is 3.36. The van der Waals surface area contributed by atoms with Crippen molar-refractivity contribution in [3.05, 3.63) is 0 Å². The molecule has 2 aliphatic heterocycles. The number of hydrogen-bond donors (Lipinski definition) is 1. The minimum Gasteiger partial charge on any atom is -0.303 e. The smallest absolute Gasteiger partial charge is 0.0481 e. The third kappa shape index (κ3) is 2.19. The van der Waals surface area contributed by atoms with Gasteiger partial charge in [0.05, 0.1) is 0 Å². The maximum absolute atomic E-state index is 3.36. The Balaban J connectivity index is 1.60. The summed E-state index contributed by atoms with van der Waals surface area (Å²) in [6.07, 6.45) is 2.83. The molecule has 0 aromatic rings. The topological polar surface area (TPSA) is 18.5 Å². The summed E-state index contributed by atoms with van der Waals surface area (Å²) in [5.41, 5.74) is 0. The maximum atomic E-state index is 3.36. The Bertz CT molecular complexity index is 110. The highest BCUT2D eigenvalue weighted by atomic mass is 15.3. The largest absolute Gasteiger partial charge is 0.303 e. The number of likely N-dealkylation sites (tertiary alicyclic amines) is 1. The standard InChI is InChI=1S/C9H19N3/c1-2-5-11(4-1)7-8-12-6-3-10-9-12/h10H,1-9H2. The molecule has 12 heavy (non-hydrogen) atoms. The highest BCUT2D eigenvalue weighted by molar-refractivity contribution is 4.71. The van der Waals surface area contributed by atoms with Crippen molar-refractivity contribution < 1.29 is 0 Å². The molecule has 0 radical (unpaired) electrons. The van der Waals surface area contributed by atoms with E-state index in [9.17, 15) is 0 Å². The van der Waals surface area contributed by atoms with Gasteiger partial charge in [-0.15, -0.1) is 0 Å². The molecule has 2 saturated heterocycles. The van der Waals surface area contributed by atoms with E-state index in [-0.39, 0.29) is 0 Å². The van der Waals surface area contributed by atoms with Crippen LogP contribution in [0.25, 0.3) is 0 Å². The molecule has 2 heterocycles. The Morgan fingerprint density at radius 2 is 1.67 bits per heavy atom. The number of rotatable bonds is 3. The van der Waals surface area contributed by atoms with Gasteiger partial charge in [-0.3, -0.25) is 4.90 Å². The van der Waals surface area contributed by atoms with Crippen LogP contribution in [0.2, 0.25) is 0 Å². The van der Waals surface area contributed by atoms with Crippen molar-refractivity contribution in [1.82, 2.24) is 15.1 Å². The first-order valence-corrected chi connectivity index (χ1v) is 5.10. The van der Waals surface area contributed by atoms with Crippen LogP contribution in [-0.4, -0.2) is 55.7 Å². The predicted molar refractivity (Wildman–Crippen MR) is 50.1 cm³/mol. The monoisotopic (exact) mass is 169 g/mol. The fraction of sp³-hybridized carbons (Fsp3) is 1.00. The highest BCUT2D eigenvalue weighted by Gasteiger charge is 2.14.